The van der Waals surface area contributed by atoms with Crippen LogP contribution in [0.25, 0.3) is 22.8 Å². The van der Waals surface area contributed by atoms with Gasteiger partial charge in [0.1, 0.15) is 5.75 Å². The van der Waals surface area contributed by atoms with Crippen molar-refractivity contribution in [1.29, 1.82) is 0 Å². The molecule has 0 radical (unpaired) electrons. The maximum absolute atomic E-state index is 11.4. The summed E-state index contributed by atoms with van der Waals surface area (Å²) in [4.78, 5) is 23.2. The van der Waals surface area contributed by atoms with E-state index in [4.69, 9.17) is 20.9 Å². The molecule has 1 saturated carbocycles. The van der Waals surface area contributed by atoms with Crippen molar-refractivity contribution in [3.8, 4) is 28.6 Å². The maximum atomic E-state index is 11.4. The highest BCUT2D eigenvalue weighted by molar-refractivity contribution is 7.52. The number of benzene rings is 2. The zero-order chi connectivity index (χ0) is 23.6. The van der Waals surface area contributed by atoms with Crippen LogP contribution in [-0.4, -0.2) is 38.2 Å². The lowest BCUT2D eigenvalue weighted by Crippen LogP contribution is -2.12. The zero-order valence-corrected chi connectivity index (χ0v) is 20.1. The molecular formula is C23H27ClN3O5P. The van der Waals surface area contributed by atoms with E-state index in [-0.39, 0.29) is 12.0 Å². The van der Waals surface area contributed by atoms with E-state index < -0.39 is 13.3 Å². The van der Waals surface area contributed by atoms with E-state index in [1.807, 2.05) is 44.2 Å². The second-order valence-electron chi connectivity index (χ2n) is 8.62. The molecule has 2 atom stereocenters. The Morgan fingerprint density at radius 3 is 2.55 bits per heavy atom. The first kappa shape index (κ1) is 23.8. The molecule has 1 aromatic heterocycles. The summed E-state index contributed by atoms with van der Waals surface area (Å²) in [7, 11) is -3.98. The molecule has 0 spiro atoms. The van der Waals surface area contributed by atoms with Crippen molar-refractivity contribution in [2.45, 2.75) is 44.9 Å². The monoisotopic (exact) mass is 491 g/mol. The average Bonchev–Trinajstić information content (AvgIpc) is 3.44. The van der Waals surface area contributed by atoms with Crippen LogP contribution in [0.2, 0.25) is 5.02 Å². The van der Waals surface area contributed by atoms with Crippen molar-refractivity contribution < 1.29 is 23.6 Å². The number of nitrogens with zero attached hydrogens (tertiary/aromatic N) is 2. The molecule has 2 unspecified atom stereocenters. The van der Waals surface area contributed by atoms with Crippen LogP contribution < -0.4 is 10.1 Å². The van der Waals surface area contributed by atoms with E-state index in [1.54, 1.807) is 12.1 Å². The molecule has 0 saturated heterocycles. The summed E-state index contributed by atoms with van der Waals surface area (Å²) < 4.78 is 22.5. The van der Waals surface area contributed by atoms with Gasteiger partial charge in [-0.05, 0) is 81.5 Å². The normalized spacial score (nSPS) is 18.6. The fraction of sp³-hybridized carbons (Fsp3) is 0.391. The minimum atomic E-state index is -3.98. The zero-order valence-electron chi connectivity index (χ0n) is 18.4. The number of rotatable bonds is 8. The summed E-state index contributed by atoms with van der Waals surface area (Å²) in [5.41, 5.74) is 1.93. The Morgan fingerprint density at radius 2 is 1.91 bits per heavy atom. The Kier molecular flexibility index (Phi) is 7.10. The van der Waals surface area contributed by atoms with Crippen molar-refractivity contribution in [1.82, 2.24) is 10.1 Å². The minimum absolute atomic E-state index is 0.0254. The van der Waals surface area contributed by atoms with Crippen LogP contribution >= 0.6 is 19.2 Å². The number of aromatic nitrogens is 2. The van der Waals surface area contributed by atoms with Gasteiger partial charge >= 0.3 is 7.60 Å². The summed E-state index contributed by atoms with van der Waals surface area (Å²) >= 11 is 6.31. The molecule has 1 aliphatic carbocycles. The number of nitrogens with one attached hydrogen (secondary N) is 1. The molecule has 3 N–H and O–H groups in total. The Bertz CT molecular complexity index is 1150. The number of hydrogen-bond acceptors (Lipinski definition) is 6. The standard InChI is InChI=1S/C23H27ClN3O5P/c1-14(2)31-21-10-6-17(12-20(21)24)22-26-23(32-27-22)16-4-7-18(8-5-16)25-13-15-3-9-19(11-15)33(28,29)30/h4-8,10,12,14-15,19,25H,3,9,11,13H2,1-2H3,(H2,28,29,30). The molecule has 33 heavy (non-hydrogen) atoms. The molecule has 10 heteroatoms. The highest BCUT2D eigenvalue weighted by atomic mass is 35.5. The first-order chi connectivity index (χ1) is 15.7. The van der Waals surface area contributed by atoms with Gasteiger partial charge in [-0.3, -0.25) is 4.57 Å². The van der Waals surface area contributed by atoms with E-state index in [1.165, 1.54) is 0 Å². The van der Waals surface area contributed by atoms with Crippen molar-refractivity contribution in [2.24, 2.45) is 5.92 Å². The SMILES string of the molecule is CC(C)Oc1ccc(-c2noc(-c3ccc(NCC4CCC(P(=O)(O)O)C4)cc3)n2)cc1Cl. The smallest absolute Gasteiger partial charge is 0.328 e. The van der Waals surface area contributed by atoms with Gasteiger partial charge in [-0.2, -0.15) is 4.98 Å². The quantitative estimate of drug-likeness (QED) is 0.348. The minimum Gasteiger partial charge on any atom is -0.489 e. The first-order valence-corrected chi connectivity index (χ1v) is 12.9. The second kappa shape index (κ2) is 9.85. The molecule has 1 aliphatic rings. The van der Waals surface area contributed by atoms with Crippen LogP contribution in [0.5, 0.6) is 5.75 Å². The van der Waals surface area contributed by atoms with Gasteiger partial charge in [0.25, 0.3) is 5.89 Å². The predicted octanol–water partition coefficient (Wildman–Crippen LogP) is 5.60. The third kappa shape index (κ3) is 5.95. The Morgan fingerprint density at radius 1 is 1.18 bits per heavy atom. The van der Waals surface area contributed by atoms with Gasteiger partial charge in [-0.25, -0.2) is 0 Å². The number of anilines is 1. The molecule has 0 bridgehead atoms. The Labute approximate surface area is 197 Å². The molecule has 1 heterocycles. The molecule has 0 aliphatic heterocycles. The lowest BCUT2D eigenvalue weighted by atomic mass is 10.1. The lowest BCUT2D eigenvalue weighted by molar-refractivity contribution is 0.242. The highest BCUT2D eigenvalue weighted by Crippen LogP contribution is 2.50. The number of halogens is 1. The fourth-order valence-corrected chi connectivity index (χ4v) is 5.26. The van der Waals surface area contributed by atoms with Crippen molar-refractivity contribution in [2.75, 3.05) is 11.9 Å². The molecule has 1 fully saturated rings. The van der Waals surface area contributed by atoms with Gasteiger partial charge < -0.3 is 24.4 Å². The van der Waals surface area contributed by atoms with Crippen LogP contribution in [0.3, 0.4) is 0 Å². The second-order valence-corrected chi connectivity index (χ2v) is 10.9. The van der Waals surface area contributed by atoms with E-state index in [0.29, 0.717) is 41.9 Å². The molecule has 0 amide bonds. The maximum Gasteiger partial charge on any atom is 0.328 e. The van der Waals surface area contributed by atoms with Gasteiger partial charge in [0.05, 0.1) is 16.8 Å². The van der Waals surface area contributed by atoms with Crippen LogP contribution in [-0.2, 0) is 4.57 Å². The summed E-state index contributed by atoms with van der Waals surface area (Å²) in [5, 5.41) is 7.90. The fourth-order valence-electron chi connectivity index (χ4n) is 3.98. The highest BCUT2D eigenvalue weighted by Gasteiger charge is 2.36. The van der Waals surface area contributed by atoms with Crippen LogP contribution in [0.4, 0.5) is 5.69 Å². The topological polar surface area (TPSA) is 118 Å². The van der Waals surface area contributed by atoms with Gasteiger partial charge in [0.15, 0.2) is 0 Å². The summed E-state index contributed by atoms with van der Waals surface area (Å²) in [6.45, 7) is 4.55. The van der Waals surface area contributed by atoms with Gasteiger partial charge in [0, 0.05) is 23.4 Å². The van der Waals surface area contributed by atoms with E-state index >= 15 is 0 Å². The summed E-state index contributed by atoms with van der Waals surface area (Å²) in [6, 6.07) is 13.0. The van der Waals surface area contributed by atoms with Crippen LogP contribution in [0.1, 0.15) is 33.1 Å². The third-order valence-corrected chi connectivity index (χ3v) is 7.41. The molecule has 2 aromatic carbocycles. The van der Waals surface area contributed by atoms with Crippen molar-refractivity contribution in [3.05, 3.63) is 47.5 Å². The van der Waals surface area contributed by atoms with E-state index in [2.05, 4.69) is 15.5 Å². The third-order valence-electron chi connectivity index (χ3n) is 5.69. The van der Waals surface area contributed by atoms with Gasteiger partial charge in [0.2, 0.25) is 5.82 Å². The number of ether oxygens (including phenoxy) is 1. The largest absolute Gasteiger partial charge is 0.489 e. The van der Waals surface area contributed by atoms with Crippen LogP contribution in [0.15, 0.2) is 47.0 Å². The molecular weight excluding hydrogens is 465 g/mol. The molecule has 3 aromatic rings. The van der Waals surface area contributed by atoms with Gasteiger partial charge in [-0.1, -0.05) is 16.8 Å². The van der Waals surface area contributed by atoms with Crippen molar-refractivity contribution in [3.63, 3.8) is 0 Å². The van der Waals surface area contributed by atoms with Crippen LogP contribution in [0, 0.1) is 5.92 Å². The molecule has 176 valence electrons. The average molecular weight is 492 g/mol. The Balaban J connectivity index is 1.37. The van der Waals surface area contributed by atoms with Crippen molar-refractivity contribution >= 4 is 24.9 Å². The predicted molar refractivity (Wildman–Crippen MR) is 128 cm³/mol. The van der Waals surface area contributed by atoms with E-state index in [0.717, 1.165) is 23.2 Å². The summed E-state index contributed by atoms with van der Waals surface area (Å²) in [6.07, 6.45) is 1.97. The molecule has 8 nitrogen and oxygen atoms in total. The first-order valence-electron chi connectivity index (χ1n) is 10.9. The lowest BCUT2D eigenvalue weighted by Gasteiger charge is -2.14. The molecule has 4 rings (SSSR count). The van der Waals surface area contributed by atoms with E-state index in [9.17, 15) is 14.4 Å². The van der Waals surface area contributed by atoms with Gasteiger partial charge in [-0.15, -0.1) is 0 Å². The summed E-state index contributed by atoms with van der Waals surface area (Å²) in [5.74, 6) is 1.70. The Hall–Kier alpha value is -2.38. The number of hydrogen-bond donors (Lipinski definition) is 3.